The molecule has 1 amide bonds. The van der Waals surface area contributed by atoms with E-state index in [1.165, 1.54) is 18.2 Å². The van der Waals surface area contributed by atoms with Crippen molar-refractivity contribution >= 4 is 17.5 Å². The first-order valence-corrected chi connectivity index (χ1v) is 7.80. The normalized spacial score (nSPS) is 11.9. The van der Waals surface area contributed by atoms with E-state index in [2.05, 4.69) is 10.3 Å². The van der Waals surface area contributed by atoms with Gasteiger partial charge in [0.15, 0.2) is 0 Å². The Hall–Kier alpha value is -2.79. The molecule has 6 heteroatoms. The summed E-state index contributed by atoms with van der Waals surface area (Å²) in [5, 5.41) is 12.5. The molecule has 1 heterocycles. The molecule has 3 rings (SSSR count). The lowest BCUT2D eigenvalue weighted by Gasteiger charge is -2.15. The summed E-state index contributed by atoms with van der Waals surface area (Å²) >= 11 is 5.84. The Morgan fingerprint density at radius 3 is 2.62 bits per heavy atom. The molecule has 1 aromatic heterocycles. The molecular formula is C18H16ClN3O2. The second-order valence-corrected chi connectivity index (χ2v) is 5.83. The molecule has 0 radical (unpaired) electrons. The molecule has 2 aromatic carbocycles. The fraction of sp³-hybridized carbons (Fsp3) is 0.111. The molecule has 0 fully saturated rings. The van der Waals surface area contributed by atoms with E-state index >= 15 is 0 Å². The molecule has 0 saturated carbocycles. The number of phenols is 1. The standard InChI is InChI=1S/C18H16ClN3O2/c1-12(21-18(24)14-4-7-17(23)16(19)10-14)13-2-5-15(6-3-13)22-9-8-20-11-22/h2-12,23H,1H3,(H,21,24)/t12-/m1/s1. The second kappa shape index (κ2) is 6.76. The SMILES string of the molecule is C[C@@H](NC(=O)c1ccc(O)c(Cl)c1)c1ccc(-n2ccnc2)cc1. The first-order chi connectivity index (χ1) is 11.5. The second-order valence-electron chi connectivity index (χ2n) is 5.42. The van der Waals surface area contributed by atoms with Gasteiger partial charge in [0.25, 0.3) is 5.91 Å². The molecule has 0 unspecified atom stereocenters. The number of benzene rings is 2. The van der Waals surface area contributed by atoms with Crippen LogP contribution in [0.1, 0.15) is 28.9 Å². The molecule has 0 saturated heterocycles. The van der Waals surface area contributed by atoms with E-state index in [1.807, 2.05) is 42.0 Å². The molecule has 122 valence electrons. The van der Waals surface area contributed by atoms with Crippen LogP contribution in [0, 0.1) is 0 Å². The smallest absolute Gasteiger partial charge is 0.251 e. The Morgan fingerprint density at radius 2 is 2.00 bits per heavy atom. The molecule has 24 heavy (non-hydrogen) atoms. The zero-order valence-electron chi connectivity index (χ0n) is 13.0. The molecule has 1 atom stereocenters. The predicted octanol–water partition coefficient (Wildman–Crippen LogP) is 3.72. The van der Waals surface area contributed by atoms with Crippen LogP contribution in [0.5, 0.6) is 5.75 Å². The number of nitrogens with zero attached hydrogens (tertiary/aromatic N) is 2. The number of rotatable bonds is 4. The van der Waals surface area contributed by atoms with E-state index in [0.717, 1.165) is 11.3 Å². The topological polar surface area (TPSA) is 67.2 Å². The number of aromatic hydroxyl groups is 1. The quantitative estimate of drug-likeness (QED) is 0.760. The summed E-state index contributed by atoms with van der Waals surface area (Å²) in [6, 6.07) is 12.1. The maximum absolute atomic E-state index is 12.3. The van der Waals surface area contributed by atoms with Gasteiger partial charge in [-0.1, -0.05) is 23.7 Å². The van der Waals surface area contributed by atoms with Gasteiger partial charge in [-0.05, 0) is 42.8 Å². The number of hydrogen-bond donors (Lipinski definition) is 2. The maximum Gasteiger partial charge on any atom is 0.251 e. The third-order valence-corrected chi connectivity index (χ3v) is 4.06. The maximum atomic E-state index is 12.3. The van der Waals surface area contributed by atoms with Gasteiger partial charge >= 0.3 is 0 Å². The van der Waals surface area contributed by atoms with E-state index in [-0.39, 0.29) is 22.7 Å². The predicted molar refractivity (Wildman–Crippen MR) is 92.6 cm³/mol. The highest BCUT2D eigenvalue weighted by atomic mass is 35.5. The van der Waals surface area contributed by atoms with Gasteiger partial charge in [0.1, 0.15) is 5.75 Å². The van der Waals surface area contributed by atoms with Crippen LogP contribution in [0.15, 0.2) is 61.2 Å². The Balaban J connectivity index is 1.71. The fourth-order valence-electron chi connectivity index (χ4n) is 2.36. The highest BCUT2D eigenvalue weighted by Gasteiger charge is 2.13. The van der Waals surface area contributed by atoms with Gasteiger partial charge in [0.2, 0.25) is 0 Å². The number of imidazole rings is 1. The Kier molecular flexibility index (Phi) is 4.53. The monoisotopic (exact) mass is 341 g/mol. The summed E-state index contributed by atoms with van der Waals surface area (Å²) in [6.07, 6.45) is 5.32. The number of hydrogen-bond acceptors (Lipinski definition) is 3. The van der Waals surface area contributed by atoms with Gasteiger partial charge in [0.05, 0.1) is 17.4 Å². The van der Waals surface area contributed by atoms with Crippen LogP contribution in [-0.2, 0) is 0 Å². The van der Waals surface area contributed by atoms with Crippen LogP contribution in [0.3, 0.4) is 0 Å². The third kappa shape index (κ3) is 3.41. The van der Waals surface area contributed by atoms with Crippen LogP contribution in [0.4, 0.5) is 0 Å². The van der Waals surface area contributed by atoms with E-state index in [9.17, 15) is 9.90 Å². The largest absolute Gasteiger partial charge is 0.506 e. The van der Waals surface area contributed by atoms with Crippen molar-refractivity contribution in [1.82, 2.24) is 14.9 Å². The fourth-order valence-corrected chi connectivity index (χ4v) is 2.54. The molecule has 0 aliphatic heterocycles. The highest BCUT2D eigenvalue weighted by Crippen LogP contribution is 2.24. The molecule has 0 spiro atoms. The molecule has 0 bridgehead atoms. The minimum absolute atomic E-state index is 0.0450. The third-order valence-electron chi connectivity index (χ3n) is 3.75. The summed E-state index contributed by atoms with van der Waals surface area (Å²) in [4.78, 5) is 16.3. The Labute approximate surface area is 144 Å². The minimum Gasteiger partial charge on any atom is -0.506 e. The Bertz CT molecular complexity index is 845. The number of amides is 1. The lowest BCUT2D eigenvalue weighted by atomic mass is 10.1. The van der Waals surface area contributed by atoms with Crippen molar-refractivity contribution in [1.29, 1.82) is 0 Å². The molecule has 5 nitrogen and oxygen atoms in total. The summed E-state index contributed by atoms with van der Waals surface area (Å²) in [5.74, 6) is -0.292. The van der Waals surface area contributed by atoms with E-state index in [0.29, 0.717) is 5.56 Å². The van der Waals surface area contributed by atoms with Crippen molar-refractivity contribution in [3.63, 3.8) is 0 Å². The first kappa shape index (κ1) is 16.1. The van der Waals surface area contributed by atoms with Crippen molar-refractivity contribution in [2.45, 2.75) is 13.0 Å². The first-order valence-electron chi connectivity index (χ1n) is 7.42. The summed E-state index contributed by atoms with van der Waals surface area (Å²) in [7, 11) is 0. The average molecular weight is 342 g/mol. The van der Waals surface area contributed by atoms with Gasteiger partial charge in [-0.25, -0.2) is 4.98 Å². The van der Waals surface area contributed by atoms with Crippen molar-refractivity contribution in [2.75, 3.05) is 0 Å². The van der Waals surface area contributed by atoms with Gasteiger partial charge in [-0.15, -0.1) is 0 Å². The minimum atomic E-state index is -0.247. The number of carbonyl (C=O) groups is 1. The van der Waals surface area contributed by atoms with Gasteiger partial charge in [-0.3, -0.25) is 4.79 Å². The van der Waals surface area contributed by atoms with E-state index in [1.54, 1.807) is 12.5 Å². The zero-order chi connectivity index (χ0) is 17.1. The molecule has 2 N–H and O–H groups in total. The lowest BCUT2D eigenvalue weighted by Crippen LogP contribution is -2.26. The number of phenolic OH excluding ortho intramolecular Hbond substituents is 1. The van der Waals surface area contributed by atoms with E-state index < -0.39 is 0 Å². The van der Waals surface area contributed by atoms with Crippen LogP contribution < -0.4 is 5.32 Å². The van der Waals surface area contributed by atoms with Gasteiger partial charge in [0, 0.05) is 23.6 Å². The van der Waals surface area contributed by atoms with Crippen molar-refractivity contribution in [2.24, 2.45) is 0 Å². The van der Waals surface area contributed by atoms with E-state index in [4.69, 9.17) is 11.6 Å². The van der Waals surface area contributed by atoms with Gasteiger partial charge < -0.3 is 15.0 Å². The van der Waals surface area contributed by atoms with Crippen LogP contribution >= 0.6 is 11.6 Å². The number of aromatic nitrogens is 2. The Morgan fingerprint density at radius 1 is 1.25 bits per heavy atom. The molecule has 0 aliphatic rings. The van der Waals surface area contributed by atoms with Crippen molar-refractivity contribution in [3.05, 3.63) is 77.3 Å². The van der Waals surface area contributed by atoms with Crippen LogP contribution in [0.25, 0.3) is 5.69 Å². The number of nitrogens with one attached hydrogen (secondary N) is 1. The van der Waals surface area contributed by atoms with Gasteiger partial charge in [-0.2, -0.15) is 0 Å². The number of halogens is 1. The van der Waals surface area contributed by atoms with Crippen LogP contribution in [0.2, 0.25) is 5.02 Å². The molecule has 3 aromatic rings. The zero-order valence-corrected chi connectivity index (χ0v) is 13.7. The lowest BCUT2D eigenvalue weighted by molar-refractivity contribution is 0.0940. The molecule has 0 aliphatic carbocycles. The number of carbonyl (C=O) groups excluding carboxylic acids is 1. The molecular weight excluding hydrogens is 326 g/mol. The summed E-state index contributed by atoms with van der Waals surface area (Å²) in [5.41, 5.74) is 2.39. The summed E-state index contributed by atoms with van der Waals surface area (Å²) in [6.45, 7) is 1.91. The summed E-state index contributed by atoms with van der Waals surface area (Å²) < 4.78 is 1.91. The van der Waals surface area contributed by atoms with Crippen LogP contribution in [-0.4, -0.2) is 20.6 Å². The van der Waals surface area contributed by atoms with Crippen molar-refractivity contribution < 1.29 is 9.90 Å². The average Bonchev–Trinajstić information content (AvgIpc) is 3.12. The highest BCUT2D eigenvalue weighted by molar-refractivity contribution is 6.32. The van der Waals surface area contributed by atoms with Crippen molar-refractivity contribution in [3.8, 4) is 11.4 Å².